The molecule has 20 heavy (non-hydrogen) atoms. The molecule has 0 bridgehead atoms. The number of carbonyl (C=O) groups is 2. The van der Waals surface area contributed by atoms with Crippen LogP contribution in [0.5, 0.6) is 0 Å². The van der Waals surface area contributed by atoms with Crippen molar-refractivity contribution in [3.05, 3.63) is 34.4 Å². The molecule has 1 amide bonds. The van der Waals surface area contributed by atoms with Crippen LogP contribution >= 0.6 is 0 Å². The van der Waals surface area contributed by atoms with E-state index in [0.29, 0.717) is 19.4 Å². The molecule has 4 heteroatoms. The molecule has 0 fully saturated rings. The number of aryl methyl sites for hydroxylation is 3. The number of carbonyl (C=O) groups excluding carboxylic acids is 1. The molecule has 0 aliphatic rings. The highest BCUT2D eigenvalue weighted by molar-refractivity contribution is 5.97. The van der Waals surface area contributed by atoms with Crippen molar-refractivity contribution in [2.75, 3.05) is 6.54 Å². The van der Waals surface area contributed by atoms with Gasteiger partial charge >= 0.3 is 5.97 Å². The number of rotatable bonds is 6. The van der Waals surface area contributed by atoms with E-state index in [-0.39, 0.29) is 11.8 Å². The molecule has 0 spiro atoms. The second-order valence-corrected chi connectivity index (χ2v) is 5.41. The number of carboxylic acids is 1. The van der Waals surface area contributed by atoms with Crippen LogP contribution in [0.2, 0.25) is 0 Å². The van der Waals surface area contributed by atoms with E-state index < -0.39 is 5.97 Å². The van der Waals surface area contributed by atoms with Crippen LogP contribution in [0, 0.1) is 26.7 Å². The van der Waals surface area contributed by atoms with Gasteiger partial charge in [0.25, 0.3) is 5.91 Å². The molecule has 1 unspecified atom stereocenters. The molecule has 0 aromatic heterocycles. The first-order valence-electron chi connectivity index (χ1n) is 6.91. The van der Waals surface area contributed by atoms with Gasteiger partial charge in [0.05, 0.1) is 5.92 Å². The Morgan fingerprint density at radius 1 is 1.20 bits per heavy atom. The van der Waals surface area contributed by atoms with Gasteiger partial charge in [0, 0.05) is 12.1 Å². The minimum absolute atomic E-state index is 0.0806. The largest absolute Gasteiger partial charge is 0.481 e. The standard InChI is InChI=1S/C16H23NO3/c1-10-8-12(3)14(13(4)9-10)15(18)17-7-5-6-11(2)16(19)20/h8-9,11H,5-7H2,1-4H3,(H,17,18)(H,19,20). The maximum absolute atomic E-state index is 12.1. The summed E-state index contributed by atoms with van der Waals surface area (Å²) in [5, 5.41) is 11.6. The smallest absolute Gasteiger partial charge is 0.306 e. The normalized spacial score (nSPS) is 12.0. The SMILES string of the molecule is Cc1cc(C)c(C(=O)NCCCC(C)C(=O)O)c(C)c1. The monoisotopic (exact) mass is 277 g/mol. The minimum atomic E-state index is -0.790. The van der Waals surface area contributed by atoms with Crippen molar-refractivity contribution in [3.63, 3.8) is 0 Å². The number of nitrogens with one attached hydrogen (secondary N) is 1. The molecule has 0 radical (unpaired) electrons. The average molecular weight is 277 g/mol. The summed E-state index contributed by atoms with van der Waals surface area (Å²) in [5.41, 5.74) is 3.81. The van der Waals surface area contributed by atoms with E-state index >= 15 is 0 Å². The third kappa shape index (κ3) is 4.37. The van der Waals surface area contributed by atoms with Crippen LogP contribution in [0.25, 0.3) is 0 Å². The average Bonchev–Trinajstić information content (AvgIpc) is 2.32. The quantitative estimate of drug-likeness (QED) is 0.786. The fourth-order valence-electron chi connectivity index (χ4n) is 2.36. The molecule has 0 saturated heterocycles. The van der Waals surface area contributed by atoms with Crippen LogP contribution < -0.4 is 5.32 Å². The first kappa shape index (κ1) is 16.2. The van der Waals surface area contributed by atoms with E-state index in [1.165, 1.54) is 0 Å². The molecule has 1 atom stereocenters. The first-order chi connectivity index (χ1) is 9.32. The van der Waals surface area contributed by atoms with E-state index in [4.69, 9.17) is 5.11 Å². The molecule has 0 saturated carbocycles. The Balaban J connectivity index is 2.54. The number of hydrogen-bond acceptors (Lipinski definition) is 2. The lowest BCUT2D eigenvalue weighted by atomic mass is 9.99. The summed E-state index contributed by atoms with van der Waals surface area (Å²) >= 11 is 0. The van der Waals surface area contributed by atoms with Crippen molar-refractivity contribution in [2.24, 2.45) is 5.92 Å². The van der Waals surface area contributed by atoms with Crippen molar-refractivity contribution in [1.82, 2.24) is 5.32 Å². The fraction of sp³-hybridized carbons (Fsp3) is 0.500. The van der Waals surface area contributed by atoms with Crippen LogP contribution in [-0.4, -0.2) is 23.5 Å². The third-order valence-electron chi connectivity index (χ3n) is 3.43. The highest BCUT2D eigenvalue weighted by atomic mass is 16.4. The molecule has 1 aromatic rings. The van der Waals surface area contributed by atoms with Crippen LogP contribution in [0.15, 0.2) is 12.1 Å². The summed E-state index contributed by atoms with van der Waals surface area (Å²) in [4.78, 5) is 22.8. The molecule has 1 aromatic carbocycles. The Hall–Kier alpha value is -1.84. The highest BCUT2D eigenvalue weighted by Gasteiger charge is 2.13. The van der Waals surface area contributed by atoms with Gasteiger partial charge in [0.2, 0.25) is 0 Å². The Morgan fingerprint density at radius 3 is 2.25 bits per heavy atom. The number of aliphatic carboxylic acids is 1. The number of amides is 1. The van der Waals surface area contributed by atoms with Gasteiger partial charge in [-0.25, -0.2) is 0 Å². The second-order valence-electron chi connectivity index (χ2n) is 5.41. The Kier molecular flexibility index (Phi) is 5.74. The molecular formula is C16H23NO3. The van der Waals surface area contributed by atoms with E-state index in [9.17, 15) is 9.59 Å². The van der Waals surface area contributed by atoms with Gasteiger partial charge in [-0.2, -0.15) is 0 Å². The number of benzene rings is 1. The van der Waals surface area contributed by atoms with Crippen molar-refractivity contribution in [1.29, 1.82) is 0 Å². The van der Waals surface area contributed by atoms with Crippen molar-refractivity contribution in [2.45, 2.75) is 40.5 Å². The van der Waals surface area contributed by atoms with Crippen LogP contribution in [0.3, 0.4) is 0 Å². The second kappa shape index (κ2) is 7.08. The van der Waals surface area contributed by atoms with E-state index in [2.05, 4.69) is 5.32 Å². The summed E-state index contributed by atoms with van der Waals surface area (Å²) in [6.45, 7) is 8.05. The third-order valence-corrected chi connectivity index (χ3v) is 3.43. The number of carboxylic acid groups (broad SMARTS) is 1. The molecule has 0 aliphatic heterocycles. The lowest BCUT2D eigenvalue weighted by Gasteiger charge is -2.12. The summed E-state index contributed by atoms with van der Waals surface area (Å²) in [7, 11) is 0. The zero-order chi connectivity index (χ0) is 15.3. The van der Waals surface area contributed by atoms with Crippen molar-refractivity contribution in [3.8, 4) is 0 Å². The number of hydrogen-bond donors (Lipinski definition) is 2. The molecule has 0 heterocycles. The molecule has 4 nitrogen and oxygen atoms in total. The summed E-state index contributed by atoms with van der Waals surface area (Å²) in [6, 6.07) is 3.99. The lowest BCUT2D eigenvalue weighted by molar-refractivity contribution is -0.141. The van der Waals surface area contributed by atoms with Crippen LogP contribution in [0.4, 0.5) is 0 Å². The zero-order valence-corrected chi connectivity index (χ0v) is 12.6. The van der Waals surface area contributed by atoms with Gasteiger partial charge < -0.3 is 10.4 Å². The van der Waals surface area contributed by atoms with E-state index in [0.717, 1.165) is 22.3 Å². The van der Waals surface area contributed by atoms with Crippen molar-refractivity contribution < 1.29 is 14.7 Å². The van der Waals surface area contributed by atoms with E-state index in [1.807, 2.05) is 32.9 Å². The Labute approximate surface area is 120 Å². The first-order valence-corrected chi connectivity index (χ1v) is 6.91. The predicted octanol–water partition coefficient (Wildman–Crippen LogP) is 2.84. The van der Waals surface area contributed by atoms with Crippen LogP contribution in [0.1, 0.15) is 46.8 Å². The maximum Gasteiger partial charge on any atom is 0.306 e. The minimum Gasteiger partial charge on any atom is -0.481 e. The van der Waals surface area contributed by atoms with Crippen molar-refractivity contribution >= 4 is 11.9 Å². The maximum atomic E-state index is 12.1. The van der Waals surface area contributed by atoms with E-state index in [1.54, 1.807) is 6.92 Å². The Morgan fingerprint density at radius 2 is 1.75 bits per heavy atom. The van der Waals surface area contributed by atoms with Gasteiger partial charge in [0.1, 0.15) is 0 Å². The van der Waals surface area contributed by atoms with Gasteiger partial charge in [-0.15, -0.1) is 0 Å². The van der Waals surface area contributed by atoms with Gasteiger partial charge in [0.15, 0.2) is 0 Å². The van der Waals surface area contributed by atoms with Gasteiger partial charge in [-0.3, -0.25) is 9.59 Å². The molecule has 0 aliphatic carbocycles. The molecular weight excluding hydrogens is 254 g/mol. The Bertz CT molecular complexity index is 485. The van der Waals surface area contributed by atoms with Crippen LogP contribution in [-0.2, 0) is 4.79 Å². The fourth-order valence-corrected chi connectivity index (χ4v) is 2.36. The predicted molar refractivity (Wildman–Crippen MR) is 79.0 cm³/mol. The highest BCUT2D eigenvalue weighted by Crippen LogP contribution is 2.16. The summed E-state index contributed by atoms with van der Waals surface area (Å²) < 4.78 is 0. The summed E-state index contributed by atoms with van der Waals surface area (Å²) in [5.74, 6) is -1.24. The lowest BCUT2D eigenvalue weighted by Crippen LogP contribution is -2.26. The molecule has 2 N–H and O–H groups in total. The molecule has 110 valence electrons. The van der Waals surface area contributed by atoms with Gasteiger partial charge in [-0.1, -0.05) is 24.6 Å². The summed E-state index contributed by atoms with van der Waals surface area (Å²) in [6.07, 6.45) is 1.24. The topological polar surface area (TPSA) is 66.4 Å². The van der Waals surface area contributed by atoms with Gasteiger partial charge in [-0.05, 0) is 44.7 Å². The molecule has 1 rings (SSSR count). The zero-order valence-electron chi connectivity index (χ0n) is 12.6.